The van der Waals surface area contributed by atoms with Crippen molar-refractivity contribution in [2.75, 3.05) is 0 Å². The minimum Gasteiger partial charge on any atom is -0.341 e. The van der Waals surface area contributed by atoms with Crippen LogP contribution < -0.4 is 11.1 Å². The molecule has 6 heteroatoms. The lowest BCUT2D eigenvalue weighted by Gasteiger charge is -2.42. The highest BCUT2D eigenvalue weighted by atomic mass is 15.3. The van der Waals surface area contributed by atoms with Crippen LogP contribution in [0.1, 0.15) is 69.2 Å². The van der Waals surface area contributed by atoms with Crippen molar-refractivity contribution in [3.05, 3.63) is 72.6 Å². The quantitative estimate of drug-likeness (QED) is 0.267. The predicted molar refractivity (Wildman–Crippen MR) is 138 cm³/mol. The van der Waals surface area contributed by atoms with Crippen molar-refractivity contribution in [2.24, 2.45) is 11.1 Å². The molecule has 3 fully saturated rings. The summed E-state index contributed by atoms with van der Waals surface area (Å²) in [6.45, 7) is 2.27. The maximum absolute atomic E-state index is 6.52. The van der Waals surface area contributed by atoms with Crippen LogP contribution in [0.2, 0.25) is 0 Å². The first-order valence-electron chi connectivity index (χ1n) is 12.9. The molecule has 1 saturated heterocycles. The van der Waals surface area contributed by atoms with Crippen LogP contribution in [0.15, 0.2) is 60.9 Å². The lowest BCUT2D eigenvalue weighted by molar-refractivity contribution is 0.115. The molecule has 2 aliphatic carbocycles. The van der Waals surface area contributed by atoms with E-state index in [1.807, 2.05) is 12.4 Å². The first kappa shape index (κ1) is 21.1. The molecule has 35 heavy (non-hydrogen) atoms. The number of aromatic nitrogens is 4. The van der Waals surface area contributed by atoms with Gasteiger partial charge in [0.25, 0.3) is 0 Å². The summed E-state index contributed by atoms with van der Waals surface area (Å²) in [6.07, 6.45) is 11.4. The standard InChI is InChI=1S/C29H32N6/c1-28(12-2-13-28)24(30)26-31-16-22(33-26)20-8-4-18(5-9-20)19-6-10-21(11-7-19)23-17-32-27(34-23)25-29(35-25)14-3-15-29/h4-11,16-17,24-25,35H,2-3,12-15,30H2,1H3,(H,31,33)(H,32,34)/t24-,25-/m1/s1. The van der Waals surface area contributed by atoms with E-state index < -0.39 is 0 Å². The van der Waals surface area contributed by atoms with Gasteiger partial charge < -0.3 is 15.7 Å². The van der Waals surface area contributed by atoms with Crippen LogP contribution in [0.3, 0.4) is 0 Å². The van der Waals surface area contributed by atoms with E-state index in [2.05, 4.69) is 80.7 Å². The lowest BCUT2D eigenvalue weighted by Crippen LogP contribution is -2.38. The zero-order chi connectivity index (χ0) is 23.6. The summed E-state index contributed by atoms with van der Waals surface area (Å²) in [5.74, 6) is 1.97. The highest BCUT2D eigenvalue weighted by molar-refractivity contribution is 5.71. The molecule has 1 spiro atoms. The Bertz CT molecular complexity index is 1350. The molecule has 2 aromatic carbocycles. The van der Waals surface area contributed by atoms with Crippen LogP contribution in [-0.4, -0.2) is 25.5 Å². The van der Waals surface area contributed by atoms with E-state index in [0.29, 0.717) is 11.6 Å². The molecule has 0 unspecified atom stereocenters. The lowest BCUT2D eigenvalue weighted by atomic mass is 9.65. The van der Waals surface area contributed by atoms with E-state index in [0.717, 1.165) is 34.2 Å². The molecule has 7 rings (SSSR count). The zero-order valence-corrected chi connectivity index (χ0v) is 20.1. The molecule has 6 nitrogen and oxygen atoms in total. The maximum Gasteiger partial charge on any atom is 0.125 e. The second kappa shape index (κ2) is 7.64. The number of nitrogens with one attached hydrogen (secondary N) is 3. The number of imidazole rings is 2. The SMILES string of the molecule is CC1([C@H](N)c2ncc(-c3ccc(-c4ccc(-c5cnc([C@H]6NC67CCC7)[nH]5)cc4)cc3)[nH]2)CCC1. The van der Waals surface area contributed by atoms with Gasteiger partial charge in [-0.1, -0.05) is 61.9 Å². The summed E-state index contributed by atoms with van der Waals surface area (Å²) in [5.41, 5.74) is 13.8. The van der Waals surface area contributed by atoms with Crippen LogP contribution in [-0.2, 0) is 0 Å². The average molecular weight is 465 g/mol. The van der Waals surface area contributed by atoms with Crippen molar-refractivity contribution >= 4 is 0 Å². The van der Waals surface area contributed by atoms with Gasteiger partial charge in [-0.15, -0.1) is 0 Å². The smallest absolute Gasteiger partial charge is 0.125 e. The van der Waals surface area contributed by atoms with Crippen molar-refractivity contribution < 1.29 is 0 Å². The number of H-pyrrole nitrogens is 2. The van der Waals surface area contributed by atoms with Crippen molar-refractivity contribution in [1.29, 1.82) is 0 Å². The van der Waals surface area contributed by atoms with E-state index in [1.165, 1.54) is 49.7 Å². The summed E-state index contributed by atoms with van der Waals surface area (Å²) in [6, 6.07) is 17.7. The molecular formula is C29H32N6. The Balaban J connectivity index is 1.05. The molecule has 3 heterocycles. The molecule has 178 valence electrons. The summed E-state index contributed by atoms with van der Waals surface area (Å²) < 4.78 is 0. The minimum atomic E-state index is -0.0337. The first-order valence-corrected chi connectivity index (χ1v) is 12.9. The van der Waals surface area contributed by atoms with Crippen LogP contribution in [0, 0.1) is 5.41 Å². The van der Waals surface area contributed by atoms with E-state index in [-0.39, 0.29) is 11.5 Å². The Morgan fingerprint density at radius 3 is 1.83 bits per heavy atom. The van der Waals surface area contributed by atoms with Gasteiger partial charge >= 0.3 is 0 Å². The van der Waals surface area contributed by atoms with Gasteiger partial charge in [0.15, 0.2) is 0 Å². The van der Waals surface area contributed by atoms with E-state index >= 15 is 0 Å². The normalized spacial score (nSPS) is 22.4. The predicted octanol–water partition coefficient (Wildman–Crippen LogP) is 5.89. The molecule has 0 radical (unpaired) electrons. The van der Waals surface area contributed by atoms with E-state index in [9.17, 15) is 0 Å². The number of nitrogens with two attached hydrogens (primary N) is 1. The number of aromatic amines is 2. The highest BCUT2D eigenvalue weighted by Gasteiger charge is 2.59. The molecule has 1 aliphatic heterocycles. The molecule has 5 N–H and O–H groups in total. The van der Waals surface area contributed by atoms with Crippen LogP contribution >= 0.6 is 0 Å². The topological polar surface area (TPSA) is 105 Å². The molecule has 2 saturated carbocycles. The Morgan fingerprint density at radius 1 is 0.771 bits per heavy atom. The third-order valence-electron chi connectivity index (χ3n) is 8.88. The fraction of sp³-hybridized carbons (Fsp3) is 0.379. The number of hydrogen-bond acceptors (Lipinski definition) is 4. The first-order chi connectivity index (χ1) is 17.0. The van der Waals surface area contributed by atoms with Gasteiger partial charge in [-0.3, -0.25) is 5.32 Å². The Morgan fingerprint density at radius 2 is 1.31 bits per heavy atom. The summed E-state index contributed by atoms with van der Waals surface area (Å²) in [5, 5.41) is 3.62. The molecular weight excluding hydrogens is 432 g/mol. The Labute approximate surface area is 205 Å². The van der Waals surface area contributed by atoms with Crippen molar-refractivity contribution in [3.8, 4) is 33.6 Å². The largest absolute Gasteiger partial charge is 0.341 e. The van der Waals surface area contributed by atoms with E-state index in [4.69, 9.17) is 5.73 Å². The molecule has 3 aliphatic rings. The highest BCUT2D eigenvalue weighted by Crippen LogP contribution is 2.53. The van der Waals surface area contributed by atoms with Gasteiger partial charge in [0.2, 0.25) is 0 Å². The molecule has 2 atom stereocenters. The Kier molecular flexibility index (Phi) is 4.60. The van der Waals surface area contributed by atoms with Crippen LogP contribution in [0.4, 0.5) is 0 Å². The van der Waals surface area contributed by atoms with Crippen molar-refractivity contribution in [1.82, 2.24) is 25.3 Å². The molecule has 2 aromatic heterocycles. The molecule has 0 bridgehead atoms. The number of benzene rings is 2. The fourth-order valence-electron chi connectivity index (χ4n) is 5.90. The second-order valence-electron chi connectivity index (χ2n) is 11.1. The molecule has 4 aromatic rings. The maximum atomic E-state index is 6.52. The monoisotopic (exact) mass is 464 g/mol. The number of nitrogens with zero attached hydrogens (tertiary/aromatic N) is 2. The van der Waals surface area contributed by atoms with Crippen molar-refractivity contribution in [3.63, 3.8) is 0 Å². The fourth-order valence-corrected chi connectivity index (χ4v) is 5.90. The van der Waals surface area contributed by atoms with Crippen LogP contribution in [0.5, 0.6) is 0 Å². The Hall–Kier alpha value is -3.22. The molecule has 0 amide bonds. The minimum absolute atomic E-state index is 0.0337. The van der Waals surface area contributed by atoms with Gasteiger partial charge in [0.05, 0.1) is 35.9 Å². The van der Waals surface area contributed by atoms with Gasteiger partial charge in [-0.2, -0.15) is 0 Å². The third kappa shape index (κ3) is 3.46. The van der Waals surface area contributed by atoms with Crippen molar-refractivity contribution in [2.45, 2.75) is 63.1 Å². The summed E-state index contributed by atoms with van der Waals surface area (Å²) >= 11 is 0. The third-order valence-corrected chi connectivity index (χ3v) is 8.88. The van der Waals surface area contributed by atoms with Gasteiger partial charge in [0.1, 0.15) is 11.6 Å². The van der Waals surface area contributed by atoms with Gasteiger partial charge in [-0.25, -0.2) is 9.97 Å². The van der Waals surface area contributed by atoms with Gasteiger partial charge in [-0.05, 0) is 59.8 Å². The van der Waals surface area contributed by atoms with Crippen LogP contribution in [0.25, 0.3) is 33.6 Å². The summed E-state index contributed by atoms with van der Waals surface area (Å²) in [7, 11) is 0. The number of hydrogen-bond donors (Lipinski definition) is 4. The number of rotatable bonds is 6. The average Bonchev–Trinajstić information content (AvgIpc) is 3.18. The van der Waals surface area contributed by atoms with E-state index in [1.54, 1.807) is 0 Å². The second-order valence-corrected chi connectivity index (χ2v) is 11.1. The zero-order valence-electron chi connectivity index (χ0n) is 20.1. The van der Waals surface area contributed by atoms with Gasteiger partial charge in [0, 0.05) is 5.54 Å². The summed E-state index contributed by atoms with van der Waals surface area (Å²) in [4.78, 5) is 16.2.